The van der Waals surface area contributed by atoms with Crippen molar-refractivity contribution in [2.45, 2.75) is 38.5 Å². The molecule has 0 saturated carbocycles. The van der Waals surface area contributed by atoms with Crippen LogP contribution in [0.5, 0.6) is 0 Å². The normalized spacial score (nSPS) is 15.8. The van der Waals surface area contributed by atoms with Gasteiger partial charge >= 0.3 is 0 Å². The van der Waals surface area contributed by atoms with Crippen LogP contribution >= 0.6 is 0 Å². The molecule has 2 aromatic carbocycles. The number of fused-ring (bicyclic) bond motifs is 1. The van der Waals surface area contributed by atoms with Gasteiger partial charge in [0.2, 0.25) is 15.9 Å². The zero-order chi connectivity index (χ0) is 22.2. The fraction of sp³-hybridized carbons (Fsp3) is 0.333. The lowest BCUT2D eigenvalue weighted by Gasteiger charge is -2.31. The third kappa shape index (κ3) is 4.20. The summed E-state index contributed by atoms with van der Waals surface area (Å²) in [5.41, 5.74) is 4.14. The molecule has 2 heterocycles. The van der Waals surface area contributed by atoms with Crippen LogP contribution in [0.25, 0.3) is 10.9 Å². The molecule has 1 amide bonds. The predicted octanol–water partition coefficient (Wildman–Crippen LogP) is 4.20. The van der Waals surface area contributed by atoms with E-state index in [1.807, 2.05) is 63.2 Å². The number of pyridine rings is 1. The first-order chi connectivity index (χ1) is 14.8. The molecule has 0 spiro atoms. The van der Waals surface area contributed by atoms with Gasteiger partial charge in [-0.2, -0.15) is 4.31 Å². The largest absolute Gasteiger partial charge is 0.325 e. The van der Waals surface area contributed by atoms with Crippen molar-refractivity contribution in [2.24, 2.45) is 5.92 Å². The van der Waals surface area contributed by atoms with Gasteiger partial charge in [-0.25, -0.2) is 8.42 Å². The number of hydrogen-bond acceptors (Lipinski definition) is 4. The van der Waals surface area contributed by atoms with Gasteiger partial charge in [0.15, 0.2) is 0 Å². The van der Waals surface area contributed by atoms with Crippen molar-refractivity contribution in [3.05, 3.63) is 65.4 Å². The molecule has 7 heteroatoms. The molecule has 1 aromatic heterocycles. The van der Waals surface area contributed by atoms with Crippen LogP contribution in [-0.4, -0.2) is 36.7 Å². The summed E-state index contributed by atoms with van der Waals surface area (Å²) in [5, 5.41) is 3.91. The fourth-order valence-electron chi connectivity index (χ4n) is 4.51. The van der Waals surface area contributed by atoms with Gasteiger partial charge in [-0.15, -0.1) is 0 Å². The lowest BCUT2D eigenvalue weighted by Crippen LogP contribution is -2.41. The van der Waals surface area contributed by atoms with Gasteiger partial charge in [0, 0.05) is 30.6 Å². The SMILES string of the molecule is Cc1cc(C)c(S(=O)(=O)N2CCC(C(=O)Nc3cccc4ncccc34)CC2)c(C)c1. The summed E-state index contributed by atoms with van der Waals surface area (Å²) in [7, 11) is -3.58. The van der Waals surface area contributed by atoms with Crippen molar-refractivity contribution in [1.82, 2.24) is 9.29 Å². The number of sulfonamides is 1. The van der Waals surface area contributed by atoms with Crippen LogP contribution < -0.4 is 5.32 Å². The van der Waals surface area contributed by atoms with Crippen LogP contribution in [0.3, 0.4) is 0 Å². The second-order valence-electron chi connectivity index (χ2n) is 8.27. The number of nitrogens with one attached hydrogen (secondary N) is 1. The summed E-state index contributed by atoms with van der Waals surface area (Å²) in [6.45, 7) is 6.32. The van der Waals surface area contributed by atoms with Crippen molar-refractivity contribution < 1.29 is 13.2 Å². The molecular weight excluding hydrogens is 410 g/mol. The number of nitrogens with zero attached hydrogens (tertiary/aromatic N) is 2. The summed E-state index contributed by atoms with van der Waals surface area (Å²) < 4.78 is 28.1. The van der Waals surface area contributed by atoms with Crippen LogP contribution in [0, 0.1) is 26.7 Å². The summed E-state index contributed by atoms with van der Waals surface area (Å²) in [4.78, 5) is 17.6. The number of carbonyl (C=O) groups excluding carboxylic acids is 1. The van der Waals surface area contributed by atoms with Crippen molar-refractivity contribution in [3.63, 3.8) is 0 Å². The molecule has 31 heavy (non-hydrogen) atoms. The third-order valence-corrected chi connectivity index (χ3v) is 8.14. The maximum absolute atomic E-state index is 13.3. The van der Waals surface area contributed by atoms with Gasteiger partial charge in [0.05, 0.1) is 16.1 Å². The lowest BCUT2D eigenvalue weighted by molar-refractivity contribution is -0.120. The first-order valence-corrected chi connectivity index (χ1v) is 11.9. The van der Waals surface area contributed by atoms with E-state index in [9.17, 15) is 13.2 Å². The molecule has 3 aromatic rings. The van der Waals surface area contributed by atoms with Crippen LogP contribution in [-0.2, 0) is 14.8 Å². The van der Waals surface area contributed by atoms with Gasteiger partial charge in [-0.1, -0.05) is 23.8 Å². The van der Waals surface area contributed by atoms with Crippen LogP contribution in [0.15, 0.2) is 53.6 Å². The highest BCUT2D eigenvalue weighted by atomic mass is 32.2. The third-order valence-electron chi connectivity index (χ3n) is 5.93. The van der Waals surface area contributed by atoms with Gasteiger partial charge in [0.1, 0.15) is 0 Å². The molecule has 0 radical (unpaired) electrons. The average Bonchev–Trinajstić information content (AvgIpc) is 2.73. The second kappa shape index (κ2) is 8.40. The fourth-order valence-corrected chi connectivity index (χ4v) is 6.39. The first kappa shape index (κ1) is 21.5. The molecule has 0 bridgehead atoms. The number of anilines is 1. The number of carbonyl (C=O) groups is 1. The average molecular weight is 438 g/mol. The molecule has 4 rings (SSSR count). The molecule has 1 saturated heterocycles. The Balaban J connectivity index is 1.46. The zero-order valence-electron chi connectivity index (χ0n) is 18.1. The Labute approximate surface area is 183 Å². The van der Waals surface area contributed by atoms with Crippen molar-refractivity contribution in [2.75, 3.05) is 18.4 Å². The number of aryl methyl sites for hydroxylation is 3. The van der Waals surface area contributed by atoms with Crippen molar-refractivity contribution >= 4 is 32.5 Å². The van der Waals surface area contributed by atoms with E-state index in [0.717, 1.165) is 33.3 Å². The molecule has 1 aliphatic rings. The van der Waals surface area contributed by atoms with E-state index in [0.29, 0.717) is 30.8 Å². The number of hydrogen-bond donors (Lipinski definition) is 1. The summed E-state index contributed by atoms with van der Waals surface area (Å²) in [6.07, 6.45) is 2.72. The quantitative estimate of drug-likeness (QED) is 0.663. The molecule has 1 aliphatic heterocycles. The second-order valence-corrected chi connectivity index (χ2v) is 10.1. The minimum Gasteiger partial charge on any atom is -0.325 e. The van der Waals surface area contributed by atoms with Crippen LogP contribution in [0.1, 0.15) is 29.5 Å². The molecule has 1 fully saturated rings. The van der Waals surface area contributed by atoms with Gasteiger partial charge in [0.25, 0.3) is 0 Å². The van der Waals surface area contributed by atoms with Crippen LogP contribution in [0.4, 0.5) is 5.69 Å². The van der Waals surface area contributed by atoms with Gasteiger partial charge in [-0.3, -0.25) is 9.78 Å². The summed E-state index contributed by atoms with van der Waals surface area (Å²) >= 11 is 0. The monoisotopic (exact) mass is 437 g/mol. The highest BCUT2D eigenvalue weighted by Crippen LogP contribution is 2.30. The number of rotatable bonds is 4. The van der Waals surface area contributed by atoms with Gasteiger partial charge < -0.3 is 5.32 Å². The maximum Gasteiger partial charge on any atom is 0.243 e. The molecule has 6 nitrogen and oxygen atoms in total. The van der Waals surface area contributed by atoms with Crippen molar-refractivity contribution in [3.8, 4) is 0 Å². The van der Waals surface area contributed by atoms with Crippen molar-refractivity contribution in [1.29, 1.82) is 0 Å². The number of aromatic nitrogens is 1. The molecule has 0 unspecified atom stereocenters. The number of benzene rings is 2. The molecule has 0 aliphatic carbocycles. The molecule has 0 atom stereocenters. The Kier molecular flexibility index (Phi) is 5.81. The Morgan fingerprint density at radius 1 is 1.03 bits per heavy atom. The molecule has 1 N–H and O–H groups in total. The predicted molar refractivity (Wildman–Crippen MR) is 123 cm³/mol. The van der Waals surface area contributed by atoms with E-state index < -0.39 is 10.0 Å². The zero-order valence-corrected chi connectivity index (χ0v) is 18.9. The van der Waals surface area contributed by atoms with E-state index in [1.165, 1.54) is 4.31 Å². The Morgan fingerprint density at radius 2 is 1.71 bits per heavy atom. The molecule has 162 valence electrons. The minimum absolute atomic E-state index is 0.0731. The lowest BCUT2D eigenvalue weighted by atomic mass is 9.97. The smallest absolute Gasteiger partial charge is 0.243 e. The van der Waals surface area contributed by atoms with Gasteiger partial charge in [-0.05, 0) is 69.0 Å². The first-order valence-electron chi connectivity index (χ1n) is 10.5. The maximum atomic E-state index is 13.3. The highest BCUT2D eigenvalue weighted by Gasteiger charge is 2.33. The minimum atomic E-state index is -3.58. The molecular formula is C24H27N3O3S. The van der Waals surface area contributed by atoms with E-state index in [4.69, 9.17) is 0 Å². The van der Waals surface area contributed by atoms with E-state index in [-0.39, 0.29) is 11.8 Å². The van der Waals surface area contributed by atoms with E-state index in [2.05, 4.69) is 10.3 Å². The summed E-state index contributed by atoms with van der Waals surface area (Å²) in [5.74, 6) is -0.297. The van der Waals surface area contributed by atoms with E-state index in [1.54, 1.807) is 6.20 Å². The Morgan fingerprint density at radius 3 is 2.39 bits per heavy atom. The Bertz CT molecular complexity index is 1220. The topological polar surface area (TPSA) is 79.4 Å². The highest BCUT2D eigenvalue weighted by molar-refractivity contribution is 7.89. The number of piperidine rings is 1. The standard InChI is InChI=1S/C24H27N3O3S/c1-16-14-17(2)23(18(3)15-16)31(29,30)27-12-9-19(10-13-27)24(28)26-22-8-4-7-21-20(22)6-5-11-25-21/h4-8,11,14-15,19H,9-10,12-13H2,1-3H3,(H,26,28). The van der Waals surface area contributed by atoms with E-state index >= 15 is 0 Å². The number of amides is 1. The van der Waals surface area contributed by atoms with Crippen LogP contribution in [0.2, 0.25) is 0 Å². The summed E-state index contributed by atoms with van der Waals surface area (Å²) in [6, 6.07) is 13.2. The Hall–Kier alpha value is -2.77.